The summed E-state index contributed by atoms with van der Waals surface area (Å²) in [7, 11) is -1.82. The van der Waals surface area contributed by atoms with Gasteiger partial charge in [-0.2, -0.15) is 0 Å². The van der Waals surface area contributed by atoms with E-state index >= 15 is 0 Å². The lowest BCUT2D eigenvalue weighted by molar-refractivity contribution is -0.00000727. The van der Waals surface area contributed by atoms with E-state index < -0.39 is 7.26 Å². The Hall–Kier alpha value is -2.21. The Balaban J connectivity index is 0.00000342. The second kappa shape index (κ2) is 12.2. The van der Waals surface area contributed by atoms with Gasteiger partial charge in [0, 0.05) is 0 Å². The van der Waals surface area contributed by atoms with Crippen LogP contribution in [0.4, 0.5) is 0 Å². The van der Waals surface area contributed by atoms with Crippen LogP contribution < -0.4 is 32.9 Å². The lowest BCUT2D eigenvalue weighted by atomic mass is 9.72. The van der Waals surface area contributed by atoms with Crippen LogP contribution in [0.15, 0.2) is 126 Å². The molecule has 0 saturated carbocycles. The summed E-state index contributed by atoms with van der Waals surface area (Å²) in [5.41, 5.74) is 4.70. The molecule has 0 N–H and O–H groups in total. The fourth-order valence-electron chi connectivity index (χ4n) is 5.38. The zero-order valence-corrected chi connectivity index (χ0v) is 24.0. The van der Waals surface area contributed by atoms with Gasteiger partial charge in [-0.25, -0.2) is 0 Å². The monoisotopic (exact) mass is 544 g/mol. The molecule has 0 saturated heterocycles. The van der Waals surface area contributed by atoms with Crippen molar-refractivity contribution in [2.24, 2.45) is 5.41 Å². The van der Waals surface area contributed by atoms with E-state index in [1.807, 2.05) is 0 Å². The van der Waals surface area contributed by atoms with Gasteiger partial charge in [0.15, 0.2) is 0 Å². The van der Waals surface area contributed by atoms with Gasteiger partial charge in [0.2, 0.25) is 0 Å². The summed E-state index contributed by atoms with van der Waals surface area (Å²) in [5, 5.41) is 4.31. The molecule has 0 unspecified atom stereocenters. The van der Waals surface area contributed by atoms with Crippen LogP contribution in [0.1, 0.15) is 47.0 Å². The third-order valence-electron chi connectivity index (χ3n) is 7.33. The third kappa shape index (κ3) is 6.14. The smallest absolute Gasteiger partial charge is 0.115 e. The molecule has 4 rings (SSSR count). The van der Waals surface area contributed by atoms with Gasteiger partial charge in [-0.1, -0.05) is 91.7 Å². The largest absolute Gasteiger partial charge is 1.00 e. The number of benzene rings is 3. The second-order valence-corrected chi connectivity index (χ2v) is 13.7. The molecule has 0 nitrogen and oxygen atoms in total. The summed E-state index contributed by atoms with van der Waals surface area (Å²) in [6.07, 6.45) is 12.1. The Labute approximate surface area is 224 Å². The molecule has 0 aliphatic heterocycles. The minimum absolute atomic E-state index is 0. The summed E-state index contributed by atoms with van der Waals surface area (Å²) in [5.74, 6) is 0. The zero-order valence-electron chi connectivity index (χ0n) is 21.5. The first kappa shape index (κ1) is 27.4. The van der Waals surface area contributed by atoms with Gasteiger partial charge in [0.25, 0.3) is 0 Å². The highest BCUT2D eigenvalue weighted by Crippen LogP contribution is 2.55. The number of halogens is 1. The van der Waals surface area contributed by atoms with E-state index in [1.165, 1.54) is 46.3 Å². The maximum atomic E-state index is 2.48. The van der Waals surface area contributed by atoms with Gasteiger partial charge in [-0.05, 0) is 86.6 Å². The molecule has 0 amide bonds. The van der Waals surface area contributed by atoms with E-state index in [2.05, 4.69) is 137 Å². The molecule has 0 radical (unpaired) electrons. The highest BCUT2D eigenvalue weighted by atomic mass is 79.9. The van der Waals surface area contributed by atoms with Crippen LogP contribution in [0, 0.1) is 5.41 Å². The highest BCUT2D eigenvalue weighted by molar-refractivity contribution is 7.95. The Morgan fingerprint density at radius 1 is 0.800 bits per heavy atom. The van der Waals surface area contributed by atoms with E-state index in [9.17, 15) is 0 Å². The molecular weight excluding hydrogens is 507 g/mol. The summed E-state index contributed by atoms with van der Waals surface area (Å²) in [6.45, 7) is 9.37. The molecule has 2 heteroatoms. The second-order valence-electron chi connectivity index (χ2n) is 10.2. The molecule has 0 spiro atoms. The molecule has 0 aromatic heterocycles. The van der Waals surface area contributed by atoms with Gasteiger partial charge in [0.1, 0.15) is 23.2 Å². The van der Waals surface area contributed by atoms with Crippen molar-refractivity contribution in [2.45, 2.75) is 47.0 Å². The fourth-order valence-corrected chi connectivity index (χ4v) is 9.52. The van der Waals surface area contributed by atoms with Gasteiger partial charge in [0.05, 0.1) is 6.16 Å². The fraction of sp³-hybridized carbons (Fsp3) is 0.273. The molecule has 0 atom stereocenters. The van der Waals surface area contributed by atoms with Crippen molar-refractivity contribution >= 4 is 23.2 Å². The van der Waals surface area contributed by atoms with Crippen LogP contribution in [0.25, 0.3) is 0 Å². The van der Waals surface area contributed by atoms with Gasteiger partial charge >= 0.3 is 0 Å². The Kier molecular flexibility index (Phi) is 9.51. The van der Waals surface area contributed by atoms with Crippen LogP contribution in [0.3, 0.4) is 0 Å². The molecular formula is C33H38BrP. The van der Waals surface area contributed by atoms with Crippen LogP contribution in [0.5, 0.6) is 0 Å². The average molecular weight is 546 g/mol. The summed E-state index contributed by atoms with van der Waals surface area (Å²) >= 11 is 0. The minimum atomic E-state index is -1.82. The highest BCUT2D eigenvalue weighted by Gasteiger charge is 2.44. The number of hydrogen-bond donors (Lipinski definition) is 0. The summed E-state index contributed by atoms with van der Waals surface area (Å²) in [4.78, 5) is 0. The normalized spacial score (nSPS) is 16.3. The molecule has 182 valence electrons. The van der Waals surface area contributed by atoms with E-state index in [0.29, 0.717) is 0 Å². The van der Waals surface area contributed by atoms with Crippen LogP contribution in [0.2, 0.25) is 0 Å². The minimum Gasteiger partial charge on any atom is -1.00 e. The van der Waals surface area contributed by atoms with Gasteiger partial charge in [-0.3, -0.25) is 0 Å². The SMILES string of the molecule is CC1=C(/C=C\C(C)=C\C[P+](c2ccccc2)(c2ccccc2)c2ccccc2)C(C)(C)CCC1.[Br-]. The zero-order chi connectivity index (χ0) is 24.0. The number of rotatable bonds is 7. The number of hydrogen-bond acceptors (Lipinski definition) is 0. The summed E-state index contributed by atoms with van der Waals surface area (Å²) < 4.78 is 0. The third-order valence-corrected chi connectivity index (χ3v) is 11.6. The molecule has 35 heavy (non-hydrogen) atoms. The Bertz CT molecular complexity index is 1070. The number of allylic oxidation sites excluding steroid dienone is 6. The van der Waals surface area contributed by atoms with Crippen molar-refractivity contribution in [1.82, 2.24) is 0 Å². The van der Waals surface area contributed by atoms with Crippen LogP contribution >= 0.6 is 7.26 Å². The Morgan fingerprint density at radius 3 is 1.69 bits per heavy atom. The quantitative estimate of drug-likeness (QED) is 0.289. The van der Waals surface area contributed by atoms with Crippen molar-refractivity contribution in [1.29, 1.82) is 0 Å². The lowest BCUT2D eigenvalue weighted by Crippen LogP contribution is -3.00. The first-order valence-electron chi connectivity index (χ1n) is 12.5. The predicted molar refractivity (Wildman–Crippen MR) is 153 cm³/mol. The van der Waals surface area contributed by atoms with Crippen LogP contribution in [-0.2, 0) is 0 Å². The van der Waals surface area contributed by atoms with Crippen molar-refractivity contribution < 1.29 is 17.0 Å². The van der Waals surface area contributed by atoms with Gasteiger partial charge in [-0.15, -0.1) is 0 Å². The van der Waals surface area contributed by atoms with Crippen molar-refractivity contribution in [3.8, 4) is 0 Å². The molecule has 0 heterocycles. The first-order chi connectivity index (χ1) is 16.4. The van der Waals surface area contributed by atoms with Gasteiger partial charge < -0.3 is 17.0 Å². The van der Waals surface area contributed by atoms with E-state index in [4.69, 9.17) is 0 Å². The van der Waals surface area contributed by atoms with E-state index in [-0.39, 0.29) is 22.4 Å². The molecule has 3 aromatic rings. The van der Waals surface area contributed by atoms with Crippen molar-refractivity contribution in [3.63, 3.8) is 0 Å². The summed E-state index contributed by atoms with van der Waals surface area (Å²) in [6, 6.07) is 33.4. The Morgan fingerprint density at radius 2 is 1.26 bits per heavy atom. The maximum absolute atomic E-state index is 2.48. The molecule has 3 aromatic carbocycles. The molecule has 1 aliphatic rings. The maximum Gasteiger partial charge on any atom is 0.115 e. The first-order valence-corrected chi connectivity index (χ1v) is 14.5. The average Bonchev–Trinajstić information content (AvgIpc) is 2.86. The topological polar surface area (TPSA) is 0 Å². The van der Waals surface area contributed by atoms with E-state index in [1.54, 1.807) is 5.57 Å². The van der Waals surface area contributed by atoms with E-state index in [0.717, 1.165) is 6.16 Å². The molecule has 1 aliphatic carbocycles. The van der Waals surface area contributed by atoms with Crippen LogP contribution in [-0.4, -0.2) is 6.16 Å². The standard InChI is InChI=1S/C33H38P.BrH/c1-27(22-23-32-28(2)15-14-25-33(32,3)4)24-26-34(29-16-8-5-9-17-29,30-18-10-6-11-19-30)31-20-12-7-13-21-31;/h5-13,16-24H,14-15,25-26H2,1-4H3;1H/q+1;/p-1/b23-22-,27-24+;. The molecule has 0 fully saturated rings. The predicted octanol–water partition coefficient (Wildman–Crippen LogP) is 5.01. The van der Waals surface area contributed by atoms with Crippen molar-refractivity contribution in [3.05, 3.63) is 126 Å². The molecule has 0 bridgehead atoms. The lowest BCUT2D eigenvalue weighted by Gasteiger charge is -2.33. The van der Waals surface area contributed by atoms with Crippen molar-refractivity contribution in [2.75, 3.05) is 6.16 Å².